The van der Waals surface area contributed by atoms with Crippen LogP contribution < -0.4 is 22.5 Å². The number of aldehydes is 1. The van der Waals surface area contributed by atoms with Crippen LogP contribution in [0.4, 0.5) is 0 Å². The first kappa shape index (κ1) is 24.3. The molecule has 7 N–H and O–H groups in total. The van der Waals surface area contributed by atoms with Crippen LogP contribution >= 0.6 is 0 Å². The molecule has 2 aliphatic rings. The molecule has 0 aromatic carbocycles. The molecule has 1 amide bonds. The quantitative estimate of drug-likeness (QED) is 0.120. The van der Waals surface area contributed by atoms with Crippen molar-refractivity contribution in [2.75, 3.05) is 20.1 Å². The third kappa shape index (κ3) is 5.78. The maximum atomic E-state index is 13.4. The van der Waals surface area contributed by atoms with Crippen LogP contribution in [0.5, 0.6) is 0 Å². The molecule has 0 aromatic rings. The summed E-state index contributed by atoms with van der Waals surface area (Å²) in [5.74, 6) is -0.0717. The average molecular weight is 423 g/mol. The zero-order valence-electron chi connectivity index (χ0n) is 18.1. The Balaban J connectivity index is 2.05. The van der Waals surface area contributed by atoms with E-state index in [1.807, 2.05) is 0 Å². The van der Waals surface area contributed by atoms with Gasteiger partial charge in [-0.25, -0.2) is 0 Å². The maximum absolute atomic E-state index is 13.4. The Labute approximate surface area is 179 Å². The molecular weight excluding hydrogens is 384 g/mol. The lowest BCUT2D eigenvalue weighted by molar-refractivity contribution is -0.144. The Hall–Kier alpha value is -2.00. The number of aliphatic imine (C=N–C) groups is 1. The molecule has 2 rings (SSSR count). The minimum atomic E-state index is -1.41. The summed E-state index contributed by atoms with van der Waals surface area (Å²) < 4.78 is 0. The fraction of sp³-hybridized carbons (Fsp3) is 0.810. The monoisotopic (exact) mass is 422 g/mol. The van der Waals surface area contributed by atoms with Crippen LogP contribution in [0.25, 0.3) is 0 Å². The molecule has 1 heterocycles. The zero-order chi connectivity index (χ0) is 22.1. The minimum Gasteiger partial charge on any atom is -0.370 e. The molecule has 170 valence electrons. The fourth-order valence-electron chi connectivity index (χ4n) is 4.86. The Morgan fingerprint density at radius 3 is 2.50 bits per heavy atom. The van der Waals surface area contributed by atoms with E-state index in [2.05, 4.69) is 10.3 Å². The second-order valence-electron chi connectivity index (χ2n) is 8.71. The van der Waals surface area contributed by atoms with E-state index in [0.717, 1.165) is 19.3 Å². The molecule has 9 heteroatoms. The minimum absolute atomic E-state index is 0.0113. The van der Waals surface area contributed by atoms with E-state index in [0.29, 0.717) is 51.0 Å². The van der Waals surface area contributed by atoms with Crippen molar-refractivity contribution >= 4 is 23.9 Å². The van der Waals surface area contributed by atoms with Gasteiger partial charge in [0.1, 0.15) is 6.29 Å². The van der Waals surface area contributed by atoms with Gasteiger partial charge in [0.05, 0.1) is 6.04 Å². The average Bonchev–Trinajstić information content (AvgIpc) is 3.04. The van der Waals surface area contributed by atoms with Gasteiger partial charge in [-0.2, -0.15) is 0 Å². The number of nitrogens with zero attached hydrogens (tertiary/aromatic N) is 2. The number of amides is 1. The lowest BCUT2D eigenvalue weighted by Gasteiger charge is -2.37. The highest BCUT2D eigenvalue weighted by Gasteiger charge is 2.56. The standard InChI is InChI=1S/C21H38N6O3/c1-27-13-11-17(22)21(27,18(29)10-9-15-6-3-2-4-7-15)19(30)26-16(14-28)8-5-12-25-20(23)24/h14-17H,2-13,22H2,1H3,(H,26,30)(H4,23,24,25)/t16-,17?,21+/m0/s1. The number of carbonyl (C=O) groups excluding carboxylic acids is 3. The molecule has 0 bridgehead atoms. The summed E-state index contributed by atoms with van der Waals surface area (Å²) >= 11 is 0. The second-order valence-corrected chi connectivity index (χ2v) is 8.71. The molecular formula is C21H38N6O3. The molecule has 30 heavy (non-hydrogen) atoms. The summed E-state index contributed by atoms with van der Waals surface area (Å²) in [5, 5.41) is 2.76. The van der Waals surface area contributed by atoms with Crippen LogP contribution in [-0.2, 0) is 14.4 Å². The first-order valence-corrected chi connectivity index (χ1v) is 11.1. The number of nitrogens with two attached hydrogens (primary N) is 3. The van der Waals surface area contributed by atoms with E-state index >= 15 is 0 Å². The molecule has 0 radical (unpaired) electrons. The van der Waals surface area contributed by atoms with Gasteiger partial charge in [-0.05, 0) is 38.6 Å². The van der Waals surface area contributed by atoms with Gasteiger partial charge in [-0.1, -0.05) is 32.1 Å². The van der Waals surface area contributed by atoms with Gasteiger partial charge in [0.25, 0.3) is 0 Å². The van der Waals surface area contributed by atoms with Crippen LogP contribution in [-0.4, -0.2) is 66.6 Å². The number of Topliss-reactive ketones (excluding diaryl/α,β-unsaturated/α-hetero) is 1. The van der Waals surface area contributed by atoms with Gasteiger partial charge in [0.2, 0.25) is 5.91 Å². The topological polar surface area (TPSA) is 157 Å². The lowest BCUT2D eigenvalue weighted by Crippen LogP contribution is -2.68. The summed E-state index contributed by atoms with van der Waals surface area (Å²) in [4.78, 5) is 43.8. The van der Waals surface area contributed by atoms with Crippen molar-refractivity contribution in [1.29, 1.82) is 0 Å². The third-order valence-electron chi connectivity index (χ3n) is 6.64. The molecule has 9 nitrogen and oxygen atoms in total. The van der Waals surface area contributed by atoms with Gasteiger partial charge in [-0.3, -0.25) is 19.5 Å². The Morgan fingerprint density at radius 1 is 1.23 bits per heavy atom. The van der Waals surface area contributed by atoms with Gasteiger partial charge in [0.15, 0.2) is 17.3 Å². The predicted molar refractivity (Wildman–Crippen MR) is 117 cm³/mol. The summed E-state index contributed by atoms with van der Waals surface area (Å²) in [6, 6.07) is -1.30. The number of hydrogen-bond acceptors (Lipinski definition) is 6. The maximum Gasteiger partial charge on any atom is 0.250 e. The fourth-order valence-corrected chi connectivity index (χ4v) is 4.86. The van der Waals surface area contributed by atoms with Crippen molar-refractivity contribution in [3.63, 3.8) is 0 Å². The van der Waals surface area contributed by atoms with Crippen LogP contribution in [0.3, 0.4) is 0 Å². The Morgan fingerprint density at radius 2 is 1.93 bits per heavy atom. The van der Waals surface area contributed by atoms with Crippen LogP contribution in [0.2, 0.25) is 0 Å². The lowest BCUT2D eigenvalue weighted by atomic mass is 9.80. The van der Waals surface area contributed by atoms with Crippen molar-refractivity contribution in [1.82, 2.24) is 10.2 Å². The number of hydrogen-bond donors (Lipinski definition) is 4. The van der Waals surface area contributed by atoms with Crippen molar-refractivity contribution in [3.05, 3.63) is 0 Å². The molecule has 1 unspecified atom stereocenters. The van der Waals surface area contributed by atoms with Crippen LogP contribution in [0, 0.1) is 5.92 Å². The van der Waals surface area contributed by atoms with Crippen LogP contribution in [0.15, 0.2) is 4.99 Å². The van der Waals surface area contributed by atoms with Gasteiger partial charge < -0.3 is 27.3 Å². The summed E-state index contributed by atoms with van der Waals surface area (Å²) in [6.07, 6.45) is 9.30. The Kier molecular flexibility index (Phi) is 9.23. The SMILES string of the molecule is CN1CCC(N)[C@@]1(C(=O)CCC1CCCCC1)C(=O)N[C@H](C=O)CCCN=C(N)N. The third-order valence-corrected chi connectivity index (χ3v) is 6.64. The van der Waals surface area contributed by atoms with E-state index in [9.17, 15) is 14.4 Å². The van der Waals surface area contributed by atoms with E-state index in [1.54, 1.807) is 11.9 Å². The zero-order valence-corrected chi connectivity index (χ0v) is 18.1. The van der Waals surface area contributed by atoms with E-state index in [4.69, 9.17) is 17.2 Å². The van der Waals surface area contributed by atoms with E-state index in [-0.39, 0.29) is 11.7 Å². The molecule has 2 fully saturated rings. The van der Waals surface area contributed by atoms with Gasteiger partial charge in [0, 0.05) is 25.6 Å². The van der Waals surface area contributed by atoms with Crippen molar-refractivity contribution < 1.29 is 14.4 Å². The molecule has 1 saturated carbocycles. The number of rotatable bonds is 11. The normalized spacial score (nSPS) is 26.1. The number of likely N-dealkylation sites (N-methyl/N-ethyl adjacent to an activating group) is 1. The second kappa shape index (κ2) is 11.4. The molecule has 1 saturated heterocycles. The number of carbonyl (C=O) groups is 3. The van der Waals surface area contributed by atoms with Crippen LogP contribution in [0.1, 0.15) is 64.2 Å². The highest BCUT2D eigenvalue weighted by atomic mass is 16.2. The first-order chi connectivity index (χ1) is 14.3. The Bertz CT molecular complexity index is 618. The smallest absolute Gasteiger partial charge is 0.250 e. The largest absolute Gasteiger partial charge is 0.370 e. The van der Waals surface area contributed by atoms with Crippen molar-refractivity contribution in [3.8, 4) is 0 Å². The molecule has 1 aliphatic carbocycles. The summed E-state index contributed by atoms with van der Waals surface area (Å²) in [7, 11) is 1.76. The van der Waals surface area contributed by atoms with Crippen molar-refractivity contribution in [2.45, 2.75) is 81.8 Å². The van der Waals surface area contributed by atoms with Gasteiger partial charge in [-0.15, -0.1) is 0 Å². The number of ketones is 1. The molecule has 0 aromatic heterocycles. The highest BCUT2D eigenvalue weighted by Crippen LogP contribution is 2.33. The number of likely N-dealkylation sites (tertiary alicyclic amines) is 1. The molecule has 3 atom stereocenters. The van der Waals surface area contributed by atoms with E-state index < -0.39 is 23.5 Å². The summed E-state index contributed by atoms with van der Waals surface area (Å²) in [5.41, 5.74) is 15.5. The predicted octanol–water partition coefficient (Wildman–Crippen LogP) is 0.0549. The number of nitrogens with one attached hydrogen (secondary N) is 1. The molecule has 1 aliphatic heterocycles. The highest BCUT2D eigenvalue weighted by molar-refractivity contribution is 6.12. The van der Waals surface area contributed by atoms with E-state index in [1.165, 1.54) is 19.3 Å². The van der Waals surface area contributed by atoms with Crippen molar-refractivity contribution in [2.24, 2.45) is 28.1 Å². The molecule has 0 spiro atoms. The number of guanidine groups is 1. The summed E-state index contributed by atoms with van der Waals surface area (Å²) in [6.45, 7) is 0.938. The first-order valence-electron chi connectivity index (χ1n) is 11.1. The van der Waals surface area contributed by atoms with Gasteiger partial charge >= 0.3 is 0 Å².